The molecule has 0 aromatic carbocycles. The minimum Gasteiger partial charge on any atom is -0.464 e. The highest BCUT2D eigenvalue weighted by molar-refractivity contribution is 7.99. The van der Waals surface area contributed by atoms with Crippen molar-refractivity contribution in [2.75, 3.05) is 25.2 Å². The van der Waals surface area contributed by atoms with E-state index in [1.54, 1.807) is 11.8 Å². The molecule has 0 amide bonds. The van der Waals surface area contributed by atoms with Crippen LogP contribution in [0, 0.1) is 0 Å². The van der Waals surface area contributed by atoms with Crippen molar-refractivity contribution in [3.63, 3.8) is 0 Å². The molecule has 1 N–H and O–H groups in total. The monoisotopic (exact) mass is 241 g/mol. The summed E-state index contributed by atoms with van der Waals surface area (Å²) in [5.74, 6) is 0.185. The first-order valence-corrected chi connectivity index (χ1v) is 6.13. The number of esters is 1. The Morgan fingerprint density at radius 1 is 1.56 bits per heavy atom. The average molecular weight is 241 g/mol. The summed E-state index contributed by atoms with van der Waals surface area (Å²) in [6.07, 6.45) is 4.98. The lowest BCUT2D eigenvalue weighted by molar-refractivity contribution is 0.0593. The molecule has 0 fully saturated rings. The Morgan fingerprint density at radius 2 is 2.31 bits per heavy atom. The predicted octanol–water partition coefficient (Wildman–Crippen LogP) is 1.43. The van der Waals surface area contributed by atoms with E-state index in [1.165, 1.54) is 19.5 Å². The fourth-order valence-corrected chi connectivity index (χ4v) is 1.21. The maximum atomic E-state index is 11.1. The molecule has 0 aliphatic carbocycles. The van der Waals surface area contributed by atoms with Crippen molar-refractivity contribution in [2.45, 2.75) is 12.2 Å². The van der Waals surface area contributed by atoms with E-state index in [4.69, 9.17) is 0 Å². The Bertz CT molecular complexity index is 342. The number of carbonyl (C=O) groups is 1. The summed E-state index contributed by atoms with van der Waals surface area (Å²) in [4.78, 5) is 19.1. The van der Waals surface area contributed by atoms with Crippen LogP contribution in [0.2, 0.25) is 0 Å². The zero-order valence-corrected chi connectivity index (χ0v) is 10.4. The van der Waals surface area contributed by atoms with Crippen LogP contribution >= 0.6 is 11.8 Å². The summed E-state index contributed by atoms with van der Waals surface area (Å²) in [6.45, 7) is 2.93. The normalized spacial score (nSPS) is 11.9. The molecule has 16 heavy (non-hydrogen) atoms. The Hall–Kier alpha value is -1.30. The van der Waals surface area contributed by atoms with E-state index in [2.05, 4.69) is 33.2 Å². The first-order chi connectivity index (χ1) is 7.67. The van der Waals surface area contributed by atoms with Crippen molar-refractivity contribution in [3.05, 3.63) is 18.1 Å². The lowest BCUT2D eigenvalue weighted by atomic mass is 10.4. The van der Waals surface area contributed by atoms with Crippen molar-refractivity contribution < 1.29 is 9.53 Å². The SMILES string of the molecule is COC(=O)c1cnc(NCC(C)SC)cn1. The summed E-state index contributed by atoms with van der Waals surface area (Å²) in [7, 11) is 1.32. The highest BCUT2D eigenvalue weighted by Gasteiger charge is 2.07. The van der Waals surface area contributed by atoms with Crippen molar-refractivity contribution in [1.82, 2.24) is 9.97 Å². The standard InChI is InChI=1S/C10H15N3O2S/c1-7(16-3)4-12-9-6-11-8(5-13-9)10(14)15-2/h5-7H,4H2,1-3H3,(H,12,13). The summed E-state index contributed by atoms with van der Waals surface area (Å²) in [5, 5.41) is 3.63. The van der Waals surface area contributed by atoms with Gasteiger partial charge in [0.2, 0.25) is 0 Å². The Labute approximate surface area is 99.0 Å². The van der Waals surface area contributed by atoms with E-state index in [1.807, 2.05) is 0 Å². The molecule has 1 atom stereocenters. The third kappa shape index (κ3) is 3.69. The molecule has 0 aliphatic heterocycles. The number of rotatable bonds is 5. The van der Waals surface area contributed by atoms with Crippen LogP contribution in [0.1, 0.15) is 17.4 Å². The number of hydrogen-bond acceptors (Lipinski definition) is 6. The molecule has 0 aliphatic rings. The number of aromatic nitrogens is 2. The lowest BCUT2D eigenvalue weighted by Gasteiger charge is -2.09. The van der Waals surface area contributed by atoms with Gasteiger partial charge >= 0.3 is 5.97 Å². The van der Waals surface area contributed by atoms with Gasteiger partial charge in [-0.25, -0.2) is 14.8 Å². The second-order valence-corrected chi connectivity index (χ2v) is 4.48. The van der Waals surface area contributed by atoms with Gasteiger partial charge in [0, 0.05) is 11.8 Å². The molecular formula is C10H15N3O2S. The molecule has 0 saturated heterocycles. The van der Waals surface area contributed by atoms with Gasteiger partial charge in [-0.2, -0.15) is 11.8 Å². The molecule has 1 aromatic heterocycles. The van der Waals surface area contributed by atoms with E-state index in [0.29, 0.717) is 11.1 Å². The van der Waals surface area contributed by atoms with Gasteiger partial charge in [-0.15, -0.1) is 0 Å². The Balaban J connectivity index is 2.54. The fraction of sp³-hybridized carbons (Fsp3) is 0.500. The van der Waals surface area contributed by atoms with Gasteiger partial charge in [0.05, 0.1) is 19.5 Å². The van der Waals surface area contributed by atoms with Crippen LogP contribution in [0.4, 0.5) is 5.82 Å². The maximum Gasteiger partial charge on any atom is 0.358 e. The molecule has 6 heteroatoms. The van der Waals surface area contributed by atoms with Gasteiger partial charge in [-0.1, -0.05) is 6.92 Å². The summed E-state index contributed by atoms with van der Waals surface area (Å²) in [6, 6.07) is 0. The molecule has 1 unspecified atom stereocenters. The van der Waals surface area contributed by atoms with Crippen molar-refractivity contribution in [2.24, 2.45) is 0 Å². The van der Waals surface area contributed by atoms with Crippen molar-refractivity contribution in [1.29, 1.82) is 0 Å². The fourth-order valence-electron chi connectivity index (χ4n) is 0.961. The van der Waals surface area contributed by atoms with Gasteiger partial charge < -0.3 is 10.1 Å². The molecule has 1 aromatic rings. The van der Waals surface area contributed by atoms with E-state index >= 15 is 0 Å². The molecule has 0 bridgehead atoms. The first kappa shape index (κ1) is 12.8. The van der Waals surface area contributed by atoms with Gasteiger partial charge in [0.25, 0.3) is 0 Å². The molecule has 0 radical (unpaired) electrons. The highest BCUT2D eigenvalue weighted by Crippen LogP contribution is 2.07. The molecule has 88 valence electrons. The van der Waals surface area contributed by atoms with Crippen LogP contribution in [-0.4, -0.2) is 41.1 Å². The van der Waals surface area contributed by atoms with E-state index in [9.17, 15) is 4.79 Å². The molecule has 1 heterocycles. The van der Waals surface area contributed by atoms with Gasteiger partial charge in [0.1, 0.15) is 5.82 Å². The second-order valence-electron chi connectivity index (χ2n) is 3.21. The number of anilines is 1. The number of thioether (sulfide) groups is 1. The van der Waals surface area contributed by atoms with Crippen LogP contribution in [-0.2, 0) is 4.74 Å². The van der Waals surface area contributed by atoms with E-state index in [-0.39, 0.29) is 5.69 Å². The number of nitrogens with zero attached hydrogens (tertiary/aromatic N) is 2. The van der Waals surface area contributed by atoms with Crippen LogP contribution < -0.4 is 5.32 Å². The lowest BCUT2D eigenvalue weighted by Crippen LogP contribution is -2.14. The van der Waals surface area contributed by atoms with Gasteiger partial charge in [-0.05, 0) is 6.26 Å². The van der Waals surface area contributed by atoms with Crippen LogP contribution in [0.5, 0.6) is 0 Å². The molecule has 5 nitrogen and oxygen atoms in total. The summed E-state index contributed by atoms with van der Waals surface area (Å²) in [5.41, 5.74) is 0.214. The average Bonchev–Trinajstić information content (AvgIpc) is 2.35. The predicted molar refractivity (Wildman–Crippen MR) is 64.8 cm³/mol. The number of methoxy groups -OCH3 is 1. The number of ether oxygens (including phenoxy) is 1. The number of hydrogen-bond donors (Lipinski definition) is 1. The van der Waals surface area contributed by atoms with Crippen LogP contribution in [0.15, 0.2) is 12.4 Å². The van der Waals surface area contributed by atoms with Crippen molar-refractivity contribution in [3.8, 4) is 0 Å². The molecule has 0 spiro atoms. The van der Waals surface area contributed by atoms with E-state index in [0.717, 1.165) is 6.54 Å². The van der Waals surface area contributed by atoms with Gasteiger partial charge in [-0.3, -0.25) is 0 Å². The Morgan fingerprint density at radius 3 is 2.81 bits per heavy atom. The third-order valence-electron chi connectivity index (χ3n) is 2.02. The molecule has 0 saturated carbocycles. The smallest absolute Gasteiger partial charge is 0.358 e. The first-order valence-electron chi connectivity index (χ1n) is 4.84. The minimum atomic E-state index is -0.475. The second kappa shape index (κ2) is 6.32. The van der Waals surface area contributed by atoms with E-state index < -0.39 is 5.97 Å². The van der Waals surface area contributed by atoms with Crippen LogP contribution in [0.25, 0.3) is 0 Å². The molecular weight excluding hydrogens is 226 g/mol. The third-order valence-corrected chi connectivity index (χ3v) is 2.99. The molecule has 1 rings (SSSR count). The zero-order chi connectivity index (χ0) is 12.0. The largest absolute Gasteiger partial charge is 0.464 e. The zero-order valence-electron chi connectivity index (χ0n) is 9.56. The maximum absolute atomic E-state index is 11.1. The number of nitrogens with one attached hydrogen (secondary N) is 1. The van der Waals surface area contributed by atoms with Crippen LogP contribution in [0.3, 0.4) is 0 Å². The topological polar surface area (TPSA) is 64.1 Å². The van der Waals surface area contributed by atoms with Gasteiger partial charge in [0.15, 0.2) is 5.69 Å². The number of carbonyl (C=O) groups excluding carboxylic acids is 1. The highest BCUT2D eigenvalue weighted by atomic mass is 32.2. The quantitative estimate of drug-likeness (QED) is 0.787. The van der Waals surface area contributed by atoms with Crippen molar-refractivity contribution >= 4 is 23.5 Å². The minimum absolute atomic E-state index is 0.214. The summed E-state index contributed by atoms with van der Waals surface area (Å²) >= 11 is 1.77. The summed E-state index contributed by atoms with van der Waals surface area (Å²) < 4.78 is 4.53. The Kier molecular flexibility index (Phi) is 5.04.